The lowest BCUT2D eigenvalue weighted by Gasteiger charge is -2.04. The molecule has 0 spiro atoms. The van der Waals surface area contributed by atoms with Crippen LogP contribution < -0.4 is 10.5 Å². The number of amides is 1. The Balaban J connectivity index is 2.99. The molecule has 0 aliphatic carbocycles. The van der Waals surface area contributed by atoms with Gasteiger partial charge < -0.3 is 5.73 Å². The van der Waals surface area contributed by atoms with Crippen LogP contribution in [0.3, 0.4) is 0 Å². The van der Waals surface area contributed by atoms with Crippen molar-refractivity contribution in [2.24, 2.45) is 5.73 Å². The summed E-state index contributed by atoms with van der Waals surface area (Å²) in [5.74, 6) is -0.778. The van der Waals surface area contributed by atoms with Crippen LogP contribution in [0.1, 0.15) is 5.56 Å². The molecule has 84 valence electrons. The number of primary amides is 1. The second-order valence-electron chi connectivity index (χ2n) is 2.93. The van der Waals surface area contributed by atoms with E-state index in [1.54, 1.807) is 0 Å². The Bertz CT molecular complexity index is 545. The van der Waals surface area contributed by atoms with Gasteiger partial charge in [-0.25, -0.2) is 13.1 Å². The Morgan fingerprint density at radius 2 is 2.19 bits per heavy atom. The highest BCUT2D eigenvalue weighted by atomic mass is 32.2. The molecule has 0 saturated carbocycles. The molecule has 0 atom stereocenters. The van der Waals surface area contributed by atoms with Crippen LogP contribution in [-0.4, -0.2) is 20.9 Å². The summed E-state index contributed by atoms with van der Waals surface area (Å²) in [4.78, 5) is 10.4. The van der Waals surface area contributed by atoms with Crippen molar-refractivity contribution in [2.45, 2.75) is 4.90 Å². The van der Waals surface area contributed by atoms with E-state index in [0.717, 1.165) is 0 Å². The SMILES string of the molecule is N#Cc1cccc(S(=O)(=O)NCC(N)=O)c1. The predicted molar refractivity (Wildman–Crippen MR) is 55.5 cm³/mol. The molecule has 1 amide bonds. The topological polar surface area (TPSA) is 113 Å². The first kappa shape index (κ1) is 12.2. The van der Waals surface area contributed by atoms with E-state index in [2.05, 4.69) is 0 Å². The van der Waals surface area contributed by atoms with Crippen molar-refractivity contribution in [3.63, 3.8) is 0 Å². The number of rotatable bonds is 4. The summed E-state index contributed by atoms with van der Waals surface area (Å²) in [5.41, 5.74) is 5.04. The molecule has 0 saturated heterocycles. The number of hydrogen-bond donors (Lipinski definition) is 2. The van der Waals surface area contributed by atoms with Crippen molar-refractivity contribution in [1.29, 1.82) is 5.26 Å². The summed E-state index contributed by atoms with van der Waals surface area (Å²) in [6.45, 7) is -0.473. The lowest BCUT2D eigenvalue weighted by Crippen LogP contribution is -2.33. The van der Waals surface area contributed by atoms with Crippen LogP contribution in [0.5, 0.6) is 0 Å². The first-order chi connectivity index (χ1) is 7.45. The minimum atomic E-state index is -3.79. The summed E-state index contributed by atoms with van der Waals surface area (Å²) < 4.78 is 25.2. The molecule has 7 heteroatoms. The summed E-state index contributed by atoms with van der Waals surface area (Å²) in [6, 6.07) is 7.28. The average molecular weight is 239 g/mol. The zero-order chi connectivity index (χ0) is 12.2. The highest BCUT2D eigenvalue weighted by Crippen LogP contribution is 2.10. The standard InChI is InChI=1S/C9H9N3O3S/c10-5-7-2-1-3-8(4-7)16(14,15)12-6-9(11)13/h1-4,12H,6H2,(H2,11,13). The Kier molecular flexibility index (Phi) is 3.60. The van der Waals surface area contributed by atoms with Gasteiger partial charge in [-0.05, 0) is 18.2 Å². The van der Waals surface area contributed by atoms with E-state index >= 15 is 0 Å². The van der Waals surface area contributed by atoms with Crippen molar-refractivity contribution in [3.8, 4) is 6.07 Å². The van der Waals surface area contributed by atoms with E-state index in [0.29, 0.717) is 0 Å². The van der Waals surface area contributed by atoms with Gasteiger partial charge in [0.25, 0.3) is 0 Å². The molecule has 0 heterocycles. The number of carbonyl (C=O) groups excluding carboxylic acids is 1. The van der Waals surface area contributed by atoms with Gasteiger partial charge in [-0.15, -0.1) is 0 Å². The van der Waals surface area contributed by atoms with Crippen LogP contribution in [-0.2, 0) is 14.8 Å². The third-order valence-corrected chi connectivity index (χ3v) is 3.11. The summed E-state index contributed by atoms with van der Waals surface area (Å²) in [6.07, 6.45) is 0. The predicted octanol–water partition coefficient (Wildman–Crippen LogP) is -0.678. The van der Waals surface area contributed by atoms with Gasteiger partial charge in [-0.3, -0.25) is 4.79 Å². The van der Waals surface area contributed by atoms with Crippen LogP contribution >= 0.6 is 0 Å². The monoisotopic (exact) mass is 239 g/mol. The van der Waals surface area contributed by atoms with Gasteiger partial charge in [0.2, 0.25) is 15.9 Å². The molecule has 3 N–H and O–H groups in total. The first-order valence-electron chi connectivity index (χ1n) is 4.24. The van der Waals surface area contributed by atoms with Gasteiger partial charge in [0, 0.05) is 0 Å². The fourth-order valence-corrected chi connectivity index (χ4v) is 2.02. The molecule has 0 fully saturated rings. The molecule has 1 rings (SSSR count). The smallest absolute Gasteiger partial charge is 0.241 e. The van der Waals surface area contributed by atoms with E-state index in [-0.39, 0.29) is 10.5 Å². The van der Waals surface area contributed by atoms with Gasteiger partial charge in [0.15, 0.2) is 0 Å². The van der Waals surface area contributed by atoms with E-state index in [4.69, 9.17) is 11.0 Å². The van der Waals surface area contributed by atoms with Crippen LogP contribution in [0.15, 0.2) is 29.2 Å². The van der Waals surface area contributed by atoms with Crippen LogP contribution in [0, 0.1) is 11.3 Å². The molecule has 1 aromatic carbocycles. The lowest BCUT2D eigenvalue weighted by atomic mass is 10.2. The number of sulfonamides is 1. The second-order valence-corrected chi connectivity index (χ2v) is 4.70. The molecule has 6 nitrogen and oxygen atoms in total. The maximum Gasteiger partial charge on any atom is 0.241 e. The molecule has 0 aliphatic heterocycles. The van der Waals surface area contributed by atoms with E-state index in [1.165, 1.54) is 24.3 Å². The molecular formula is C9H9N3O3S. The summed E-state index contributed by atoms with van der Waals surface area (Å²) >= 11 is 0. The zero-order valence-corrected chi connectivity index (χ0v) is 8.99. The highest BCUT2D eigenvalue weighted by Gasteiger charge is 2.14. The maximum absolute atomic E-state index is 11.6. The Morgan fingerprint density at radius 3 is 2.75 bits per heavy atom. The van der Waals surface area contributed by atoms with E-state index < -0.39 is 22.5 Å². The average Bonchev–Trinajstić information content (AvgIpc) is 2.27. The van der Waals surface area contributed by atoms with Crippen LogP contribution in [0.4, 0.5) is 0 Å². The molecular weight excluding hydrogens is 230 g/mol. The van der Waals surface area contributed by atoms with Gasteiger partial charge in [0.05, 0.1) is 23.1 Å². The number of benzene rings is 1. The lowest BCUT2D eigenvalue weighted by molar-refractivity contribution is -0.116. The van der Waals surface area contributed by atoms with Gasteiger partial charge in [-0.2, -0.15) is 5.26 Å². The Hall–Kier alpha value is -1.91. The summed E-state index contributed by atoms with van der Waals surface area (Å²) in [7, 11) is -3.79. The maximum atomic E-state index is 11.6. The number of nitrogens with two attached hydrogens (primary N) is 1. The zero-order valence-electron chi connectivity index (χ0n) is 8.17. The third kappa shape index (κ3) is 3.05. The molecule has 0 radical (unpaired) electrons. The normalized spacial score (nSPS) is 10.7. The fourth-order valence-electron chi connectivity index (χ4n) is 0.982. The number of hydrogen-bond acceptors (Lipinski definition) is 4. The second kappa shape index (κ2) is 4.74. The minimum absolute atomic E-state index is 0.0761. The number of nitriles is 1. The minimum Gasteiger partial charge on any atom is -0.369 e. The molecule has 0 unspecified atom stereocenters. The third-order valence-electron chi connectivity index (χ3n) is 1.71. The molecule has 16 heavy (non-hydrogen) atoms. The Labute approximate surface area is 92.7 Å². The number of nitrogens with zero attached hydrogens (tertiary/aromatic N) is 1. The molecule has 1 aromatic rings. The van der Waals surface area contributed by atoms with Gasteiger partial charge in [0.1, 0.15) is 0 Å². The number of carbonyl (C=O) groups is 1. The van der Waals surface area contributed by atoms with Crippen LogP contribution in [0.25, 0.3) is 0 Å². The quantitative estimate of drug-likeness (QED) is 0.724. The fraction of sp³-hybridized carbons (Fsp3) is 0.111. The molecule has 0 aliphatic rings. The molecule has 0 bridgehead atoms. The van der Waals surface area contributed by atoms with Crippen molar-refractivity contribution in [2.75, 3.05) is 6.54 Å². The first-order valence-corrected chi connectivity index (χ1v) is 5.72. The highest BCUT2D eigenvalue weighted by molar-refractivity contribution is 7.89. The van der Waals surface area contributed by atoms with Crippen LogP contribution in [0.2, 0.25) is 0 Å². The Morgan fingerprint density at radius 1 is 1.50 bits per heavy atom. The van der Waals surface area contributed by atoms with Crippen molar-refractivity contribution >= 4 is 15.9 Å². The molecule has 0 aromatic heterocycles. The van der Waals surface area contributed by atoms with Crippen molar-refractivity contribution < 1.29 is 13.2 Å². The largest absolute Gasteiger partial charge is 0.369 e. The van der Waals surface area contributed by atoms with Gasteiger partial charge in [-0.1, -0.05) is 6.07 Å². The van der Waals surface area contributed by atoms with E-state index in [9.17, 15) is 13.2 Å². The van der Waals surface area contributed by atoms with E-state index in [1.807, 2.05) is 10.8 Å². The van der Waals surface area contributed by atoms with Gasteiger partial charge >= 0.3 is 0 Å². The van der Waals surface area contributed by atoms with Crippen molar-refractivity contribution in [1.82, 2.24) is 4.72 Å². The van der Waals surface area contributed by atoms with Crippen molar-refractivity contribution in [3.05, 3.63) is 29.8 Å². The summed E-state index contributed by atoms with van der Waals surface area (Å²) in [5, 5.41) is 8.61. The number of nitrogens with one attached hydrogen (secondary N) is 1.